The van der Waals surface area contributed by atoms with Gasteiger partial charge in [0, 0.05) is 31.1 Å². The summed E-state index contributed by atoms with van der Waals surface area (Å²) in [7, 11) is 1.91. The molecule has 2 fully saturated rings. The van der Waals surface area contributed by atoms with Crippen LogP contribution in [0.3, 0.4) is 0 Å². The number of halogens is 1. The monoisotopic (exact) mass is 393 g/mol. The first-order valence-corrected chi connectivity index (χ1v) is 10.1. The minimum absolute atomic E-state index is 0.124. The molecule has 0 amide bonds. The molecule has 4 atom stereocenters. The molecule has 5 rings (SSSR count). The lowest BCUT2D eigenvalue weighted by Gasteiger charge is -2.38. The van der Waals surface area contributed by atoms with Crippen molar-refractivity contribution in [2.24, 2.45) is 11.8 Å². The van der Waals surface area contributed by atoms with Crippen molar-refractivity contribution in [2.45, 2.75) is 37.9 Å². The molecule has 29 heavy (non-hydrogen) atoms. The number of alkyl halides is 1. The molecule has 6 nitrogen and oxygen atoms in total. The second-order valence-corrected chi connectivity index (χ2v) is 8.25. The van der Waals surface area contributed by atoms with E-state index in [1.165, 1.54) is 0 Å². The summed E-state index contributed by atoms with van der Waals surface area (Å²) < 4.78 is 16.7. The molecule has 2 bridgehead atoms. The van der Waals surface area contributed by atoms with Gasteiger partial charge in [0.2, 0.25) is 0 Å². The highest BCUT2D eigenvalue weighted by Crippen LogP contribution is 2.45. The predicted octanol–water partition coefficient (Wildman–Crippen LogP) is 4.00. The fourth-order valence-electron chi connectivity index (χ4n) is 4.91. The van der Waals surface area contributed by atoms with Crippen molar-refractivity contribution in [3.05, 3.63) is 49.1 Å². The zero-order valence-electron chi connectivity index (χ0n) is 16.3. The maximum Gasteiger partial charge on any atom is 0.151 e. The largest absolute Gasteiger partial charge is 0.507 e. The summed E-state index contributed by atoms with van der Waals surface area (Å²) in [4.78, 5) is 5.96. The molecule has 1 aromatic carbocycles. The van der Waals surface area contributed by atoms with Crippen molar-refractivity contribution in [1.82, 2.24) is 19.7 Å². The molecule has 2 aliphatic carbocycles. The smallest absolute Gasteiger partial charge is 0.151 e. The van der Waals surface area contributed by atoms with Crippen molar-refractivity contribution in [3.8, 4) is 22.7 Å². The molecule has 0 radical (unpaired) electrons. The topological polar surface area (TPSA) is 67.1 Å². The van der Waals surface area contributed by atoms with Crippen LogP contribution in [-0.4, -0.2) is 44.1 Å². The van der Waals surface area contributed by atoms with Gasteiger partial charge in [-0.05, 0) is 61.8 Å². The third-order valence-corrected chi connectivity index (χ3v) is 6.54. The number of phenols is 1. The Balaban J connectivity index is 1.36. The summed E-state index contributed by atoms with van der Waals surface area (Å²) in [5.74, 6) is 1.62. The summed E-state index contributed by atoms with van der Waals surface area (Å²) in [6.07, 6.45) is 8.44. The van der Waals surface area contributed by atoms with Gasteiger partial charge in [-0.3, -0.25) is 0 Å². The summed E-state index contributed by atoms with van der Waals surface area (Å²) in [6.45, 7) is 0. The lowest BCUT2D eigenvalue weighted by Crippen LogP contribution is -2.46. The molecule has 3 aromatic rings. The molecule has 0 spiro atoms. The van der Waals surface area contributed by atoms with E-state index in [-0.39, 0.29) is 17.7 Å². The number of benzene rings is 1. The third-order valence-electron chi connectivity index (χ3n) is 6.54. The van der Waals surface area contributed by atoms with Crippen LogP contribution >= 0.6 is 0 Å². The standard InChI is InChI=1S/C22H24FN5O/c1-27(19-11-14-2-3-15(10-14)22(19)23)21-7-6-18(25-26-21)17-5-4-16(12-20(17)29)28-9-8-24-13-28/h4-9,12-15,19,22,29H,2-3,10-11H2,1H3/t14-,15+,19+,22-/m1/s1. The quantitative estimate of drug-likeness (QED) is 0.726. The number of aromatic nitrogens is 4. The lowest BCUT2D eigenvalue weighted by atomic mass is 9.83. The van der Waals surface area contributed by atoms with E-state index in [9.17, 15) is 9.50 Å². The van der Waals surface area contributed by atoms with Gasteiger partial charge in [-0.2, -0.15) is 0 Å². The Morgan fingerprint density at radius 2 is 2.03 bits per heavy atom. The number of anilines is 1. The van der Waals surface area contributed by atoms with Crippen LogP contribution in [0.4, 0.5) is 10.2 Å². The molecular weight excluding hydrogens is 369 g/mol. The first kappa shape index (κ1) is 18.1. The van der Waals surface area contributed by atoms with E-state index in [4.69, 9.17) is 0 Å². The van der Waals surface area contributed by atoms with Crippen LogP contribution in [0.25, 0.3) is 16.9 Å². The van der Waals surface area contributed by atoms with Gasteiger partial charge in [0.1, 0.15) is 11.9 Å². The normalized spacial score (nSPS) is 25.9. The average molecular weight is 393 g/mol. The van der Waals surface area contributed by atoms with Crippen molar-refractivity contribution in [3.63, 3.8) is 0 Å². The number of hydrogen-bond donors (Lipinski definition) is 1. The van der Waals surface area contributed by atoms with Gasteiger partial charge in [0.05, 0.1) is 23.8 Å². The summed E-state index contributed by atoms with van der Waals surface area (Å²) in [5.41, 5.74) is 2.00. The molecule has 0 aliphatic heterocycles. The van der Waals surface area contributed by atoms with E-state index < -0.39 is 6.17 Å². The van der Waals surface area contributed by atoms with Gasteiger partial charge >= 0.3 is 0 Å². The van der Waals surface area contributed by atoms with Crippen molar-refractivity contribution in [2.75, 3.05) is 11.9 Å². The number of aromatic hydroxyl groups is 1. The number of imidazole rings is 1. The van der Waals surface area contributed by atoms with E-state index >= 15 is 0 Å². The van der Waals surface area contributed by atoms with Gasteiger partial charge in [-0.15, -0.1) is 10.2 Å². The second kappa shape index (κ2) is 7.13. The predicted molar refractivity (Wildman–Crippen MR) is 109 cm³/mol. The summed E-state index contributed by atoms with van der Waals surface area (Å²) in [6, 6.07) is 8.93. The van der Waals surface area contributed by atoms with Crippen LogP contribution in [0.5, 0.6) is 5.75 Å². The molecule has 7 heteroatoms. The van der Waals surface area contributed by atoms with Gasteiger partial charge in [0.25, 0.3) is 0 Å². The van der Waals surface area contributed by atoms with E-state index in [1.807, 2.05) is 47.0 Å². The fourth-order valence-corrected chi connectivity index (χ4v) is 4.91. The molecule has 0 unspecified atom stereocenters. The van der Waals surface area contributed by atoms with Gasteiger partial charge in [-0.25, -0.2) is 9.37 Å². The second-order valence-electron chi connectivity index (χ2n) is 8.25. The molecular formula is C22H24FN5O. The molecule has 2 aliphatic rings. The van der Waals surface area contributed by atoms with Crippen LogP contribution in [-0.2, 0) is 0 Å². The molecule has 0 saturated heterocycles. The van der Waals surface area contributed by atoms with Crippen LogP contribution in [0.15, 0.2) is 49.1 Å². The van der Waals surface area contributed by atoms with Crippen LogP contribution in [0.2, 0.25) is 0 Å². The first-order chi connectivity index (χ1) is 14.1. The Kier molecular flexibility index (Phi) is 4.45. The highest BCUT2D eigenvalue weighted by molar-refractivity contribution is 5.69. The first-order valence-electron chi connectivity index (χ1n) is 10.1. The Labute approximate surface area is 169 Å². The number of nitrogens with zero attached hydrogens (tertiary/aromatic N) is 5. The molecule has 1 N–H and O–H groups in total. The number of phenolic OH excluding ortho intramolecular Hbond substituents is 1. The van der Waals surface area contributed by atoms with Crippen LogP contribution < -0.4 is 4.90 Å². The van der Waals surface area contributed by atoms with Crippen molar-refractivity contribution >= 4 is 5.82 Å². The number of hydrogen-bond acceptors (Lipinski definition) is 5. The Morgan fingerprint density at radius 3 is 2.76 bits per heavy atom. The van der Waals surface area contributed by atoms with Crippen LogP contribution in [0.1, 0.15) is 25.7 Å². The number of rotatable bonds is 4. The highest BCUT2D eigenvalue weighted by atomic mass is 19.1. The molecule has 2 aromatic heterocycles. The fraction of sp³-hybridized carbons (Fsp3) is 0.409. The maximum atomic E-state index is 14.9. The van der Waals surface area contributed by atoms with E-state index in [2.05, 4.69) is 15.2 Å². The van der Waals surface area contributed by atoms with Gasteiger partial charge in [0.15, 0.2) is 5.82 Å². The molecule has 2 saturated carbocycles. The van der Waals surface area contributed by atoms with E-state index in [1.54, 1.807) is 18.6 Å². The van der Waals surface area contributed by atoms with Gasteiger partial charge < -0.3 is 14.6 Å². The van der Waals surface area contributed by atoms with E-state index in [0.29, 0.717) is 23.0 Å². The molecule has 2 heterocycles. The van der Waals surface area contributed by atoms with Crippen LogP contribution in [0, 0.1) is 11.8 Å². The SMILES string of the molecule is CN(c1ccc(-c2ccc(-n3ccnc3)cc2O)nn1)[C@H]1C[C@@H]2CC[C@@H](C2)[C@H]1F. The van der Waals surface area contributed by atoms with Gasteiger partial charge in [-0.1, -0.05) is 0 Å². The summed E-state index contributed by atoms with van der Waals surface area (Å²) >= 11 is 0. The van der Waals surface area contributed by atoms with Crippen molar-refractivity contribution < 1.29 is 9.50 Å². The Hall–Kier alpha value is -2.96. The minimum Gasteiger partial charge on any atom is -0.507 e. The number of fused-ring (bicyclic) bond motifs is 2. The van der Waals surface area contributed by atoms with Crippen molar-refractivity contribution in [1.29, 1.82) is 0 Å². The maximum absolute atomic E-state index is 14.9. The lowest BCUT2D eigenvalue weighted by molar-refractivity contribution is 0.144. The van der Waals surface area contributed by atoms with E-state index in [0.717, 1.165) is 31.4 Å². The molecule has 150 valence electrons. The Morgan fingerprint density at radius 1 is 1.14 bits per heavy atom. The highest BCUT2D eigenvalue weighted by Gasteiger charge is 2.44. The zero-order valence-corrected chi connectivity index (χ0v) is 16.3. The third kappa shape index (κ3) is 3.24. The summed E-state index contributed by atoms with van der Waals surface area (Å²) in [5, 5.41) is 19.1. The minimum atomic E-state index is -0.806. The average Bonchev–Trinajstić information content (AvgIpc) is 3.41. The Bertz CT molecular complexity index is 991. The zero-order chi connectivity index (χ0) is 20.0.